The maximum atomic E-state index is 11.5. The summed E-state index contributed by atoms with van der Waals surface area (Å²) in [5.41, 5.74) is 6.34. The number of hydrogen-bond acceptors (Lipinski definition) is 3. The van der Waals surface area contributed by atoms with Crippen LogP contribution in [-0.2, 0) is 14.9 Å². The Morgan fingerprint density at radius 2 is 2.06 bits per heavy atom. The van der Waals surface area contributed by atoms with E-state index in [1.807, 2.05) is 19.9 Å². The highest BCUT2D eigenvalue weighted by atomic mass is 35.5. The monoisotopic (exact) mass is 289 g/mol. The van der Waals surface area contributed by atoms with Crippen LogP contribution >= 0.6 is 23.2 Å². The average Bonchev–Trinajstić information content (AvgIpc) is 2.31. The van der Waals surface area contributed by atoms with Gasteiger partial charge in [0.05, 0.1) is 23.6 Å². The van der Waals surface area contributed by atoms with Gasteiger partial charge in [0.2, 0.25) is 0 Å². The molecule has 1 aromatic rings. The molecule has 2 unspecified atom stereocenters. The molecular formula is C13H17Cl2NO2. The molecule has 5 heteroatoms. The zero-order valence-electron chi connectivity index (χ0n) is 10.7. The number of nitrogens with two attached hydrogens (primary N) is 1. The van der Waals surface area contributed by atoms with E-state index >= 15 is 0 Å². The first-order chi connectivity index (χ1) is 8.31. The molecular weight excluding hydrogens is 273 g/mol. The van der Waals surface area contributed by atoms with E-state index in [0.717, 1.165) is 5.56 Å². The normalized spacial score (nSPS) is 15.9. The molecule has 0 aromatic heterocycles. The van der Waals surface area contributed by atoms with Crippen molar-refractivity contribution < 1.29 is 9.53 Å². The molecule has 0 amide bonds. The molecule has 1 aromatic carbocycles. The van der Waals surface area contributed by atoms with E-state index in [9.17, 15) is 4.79 Å². The van der Waals surface area contributed by atoms with Crippen LogP contribution in [0.5, 0.6) is 0 Å². The molecule has 0 spiro atoms. The van der Waals surface area contributed by atoms with Crippen molar-refractivity contribution in [3.63, 3.8) is 0 Å². The van der Waals surface area contributed by atoms with Gasteiger partial charge in [0.25, 0.3) is 0 Å². The highest BCUT2D eigenvalue weighted by molar-refractivity contribution is 6.42. The van der Waals surface area contributed by atoms with Gasteiger partial charge >= 0.3 is 5.97 Å². The van der Waals surface area contributed by atoms with Crippen molar-refractivity contribution in [3.8, 4) is 0 Å². The van der Waals surface area contributed by atoms with Crippen molar-refractivity contribution in [2.24, 2.45) is 5.73 Å². The number of rotatable bonds is 4. The van der Waals surface area contributed by atoms with E-state index in [-0.39, 0.29) is 18.4 Å². The molecule has 0 radical (unpaired) electrons. The lowest BCUT2D eigenvalue weighted by atomic mass is 9.74. The summed E-state index contributed by atoms with van der Waals surface area (Å²) in [6.07, 6.45) is 0.194. The van der Waals surface area contributed by atoms with Crippen molar-refractivity contribution >= 4 is 29.2 Å². The topological polar surface area (TPSA) is 52.3 Å². The molecule has 0 saturated carbocycles. The predicted octanol–water partition coefficient (Wildman–Crippen LogP) is 3.16. The van der Waals surface area contributed by atoms with Crippen LogP contribution in [0.4, 0.5) is 0 Å². The molecule has 3 nitrogen and oxygen atoms in total. The van der Waals surface area contributed by atoms with Gasteiger partial charge in [0, 0.05) is 11.5 Å². The van der Waals surface area contributed by atoms with E-state index in [4.69, 9.17) is 33.7 Å². The standard InChI is InChI=1S/C13H17Cl2NO2/c1-8(16)13(2,7-12(17)18-3)9-4-5-10(14)11(15)6-9/h4-6,8H,7,16H2,1-3H3. The lowest BCUT2D eigenvalue weighted by Gasteiger charge is -2.33. The van der Waals surface area contributed by atoms with Crippen LogP contribution in [0.25, 0.3) is 0 Å². The Morgan fingerprint density at radius 1 is 1.44 bits per heavy atom. The molecule has 2 atom stereocenters. The molecule has 0 bridgehead atoms. The van der Waals surface area contributed by atoms with Crippen molar-refractivity contribution in [1.82, 2.24) is 0 Å². The van der Waals surface area contributed by atoms with Gasteiger partial charge in [-0.25, -0.2) is 0 Å². The van der Waals surface area contributed by atoms with Gasteiger partial charge in [-0.3, -0.25) is 4.79 Å². The Bertz CT molecular complexity index is 449. The smallest absolute Gasteiger partial charge is 0.306 e. The molecule has 100 valence electrons. The Labute approximate surface area is 117 Å². The first-order valence-electron chi connectivity index (χ1n) is 5.59. The van der Waals surface area contributed by atoms with Crippen molar-refractivity contribution in [1.29, 1.82) is 0 Å². The van der Waals surface area contributed by atoms with Crippen molar-refractivity contribution in [3.05, 3.63) is 33.8 Å². The fraction of sp³-hybridized carbons (Fsp3) is 0.462. The van der Waals surface area contributed by atoms with Crippen molar-refractivity contribution in [2.75, 3.05) is 7.11 Å². The van der Waals surface area contributed by atoms with Crippen LogP contribution in [0, 0.1) is 0 Å². The minimum Gasteiger partial charge on any atom is -0.469 e. The Morgan fingerprint density at radius 3 is 2.50 bits per heavy atom. The largest absolute Gasteiger partial charge is 0.469 e. The number of hydrogen-bond donors (Lipinski definition) is 1. The summed E-state index contributed by atoms with van der Waals surface area (Å²) in [6, 6.07) is 5.06. The second-order valence-corrected chi connectivity index (χ2v) is 5.40. The molecule has 18 heavy (non-hydrogen) atoms. The molecule has 0 fully saturated rings. The quantitative estimate of drug-likeness (QED) is 0.867. The maximum absolute atomic E-state index is 11.5. The summed E-state index contributed by atoms with van der Waals surface area (Å²) >= 11 is 11.9. The lowest BCUT2D eigenvalue weighted by Crippen LogP contribution is -2.42. The maximum Gasteiger partial charge on any atom is 0.306 e. The third-order valence-corrected chi connectivity index (χ3v) is 4.06. The summed E-state index contributed by atoms with van der Waals surface area (Å²) in [6.45, 7) is 3.76. The van der Waals surface area contributed by atoms with Gasteiger partial charge < -0.3 is 10.5 Å². The minimum atomic E-state index is -0.540. The Hall–Kier alpha value is -0.770. The Kier molecular flexibility index (Phi) is 5.02. The molecule has 0 aliphatic heterocycles. The number of carbonyl (C=O) groups excluding carboxylic acids is 1. The first kappa shape index (κ1) is 15.3. The molecule has 0 aliphatic carbocycles. The number of ether oxygens (including phenoxy) is 1. The number of benzene rings is 1. The highest BCUT2D eigenvalue weighted by Gasteiger charge is 2.34. The van der Waals surface area contributed by atoms with E-state index in [1.54, 1.807) is 12.1 Å². The molecule has 0 aliphatic rings. The van der Waals surface area contributed by atoms with Gasteiger partial charge in [0.1, 0.15) is 0 Å². The lowest BCUT2D eigenvalue weighted by molar-refractivity contribution is -0.142. The van der Waals surface area contributed by atoms with Gasteiger partial charge in [-0.1, -0.05) is 36.2 Å². The second kappa shape index (κ2) is 5.91. The van der Waals surface area contributed by atoms with Crippen LogP contribution in [0.2, 0.25) is 10.0 Å². The van der Waals surface area contributed by atoms with Gasteiger partial charge in [-0.2, -0.15) is 0 Å². The van der Waals surface area contributed by atoms with E-state index in [0.29, 0.717) is 10.0 Å². The van der Waals surface area contributed by atoms with Crippen LogP contribution in [0.1, 0.15) is 25.8 Å². The van der Waals surface area contributed by atoms with E-state index in [2.05, 4.69) is 0 Å². The highest BCUT2D eigenvalue weighted by Crippen LogP contribution is 2.34. The fourth-order valence-corrected chi connectivity index (χ4v) is 2.05. The van der Waals surface area contributed by atoms with Crippen molar-refractivity contribution in [2.45, 2.75) is 31.7 Å². The number of methoxy groups -OCH3 is 1. The fourth-order valence-electron chi connectivity index (χ4n) is 1.75. The summed E-state index contributed by atoms with van der Waals surface area (Å²) in [4.78, 5) is 11.5. The second-order valence-electron chi connectivity index (χ2n) is 4.59. The summed E-state index contributed by atoms with van der Waals surface area (Å²) in [7, 11) is 1.36. The van der Waals surface area contributed by atoms with Gasteiger partial charge in [-0.05, 0) is 24.6 Å². The molecule has 0 saturated heterocycles. The van der Waals surface area contributed by atoms with E-state index < -0.39 is 5.41 Å². The zero-order chi connectivity index (χ0) is 13.9. The average molecular weight is 290 g/mol. The zero-order valence-corrected chi connectivity index (χ0v) is 12.2. The third kappa shape index (κ3) is 3.16. The number of carbonyl (C=O) groups is 1. The summed E-state index contributed by atoms with van der Waals surface area (Å²) < 4.78 is 4.72. The van der Waals surface area contributed by atoms with Gasteiger partial charge in [0.15, 0.2) is 0 Å². The SMILES string of the molecule is COC(=O)CC(C)(c1ccc(Cl)c(Cl)c1)C(C)N. The van der Waals surface area contributed by atoms with Gasteiger partial charge in [-0.15, -0.1) is 0 Å². The van der Waals surface area contributed by atoms with Crippen LogP contribution in [0.3, 0.4) is 0 Å². The summed E-state index contributed by atoms with van der Waals surface area (Å²) in [5.74, 6) is -0.305. The third-order valence-electron chi connectivity index (χ3n) is 3.32. The first-order valence-corrected chi connectivity index (χ1v) is 6.34. The molecule has 2 N–H and O–H groups in total. The predicted molar refractivity (Wildman–Crippen MR) is 74.1 cm³/mol. The number of esters is 1. The molecule has 1 rings (SSSR count). The van der Waals surface area contributed by atoms with Crippen LogP contribution in [-0.4, -0.2) is 19.1 Å². The Balaban J connectivity index is 3.18. The van der Waals surface area contributed by atoms with Crippen LogP contribution < -0.4 is 5.73 Å². The molecule has 0 heterocycles. The number of halogens is 2. The summed E-state index contributed by atoms with van der Waals surface area (Å²) in [5, 5.41) is 0.927. The van der Waals surface area contributed by atoms with E-state index in [1.165, 1.54) is 7.11 Å². The van der Waals surface area contributed by atoms with Crippen LogP contribution in [0.15, 0.2) is 18.2 Å². The minimum absolute atomic E-state index is 0.194.